The van der Waals surface area contributed by atoms with Crippen molar-refractivity contribution in [3.63, 3.8) is 0 Å². The lowest BCUT2D eigenvalue weighted by atomic mass is 10.2. The molecule has 1 unspecified atom stereocenters. The summed E-state index contributed by atoms with van der Waals surface area (Å²) in [6.45, 7) is 3.24. The number of rotatable bonds is 2. The molecular formula is C14H16N2O2. The van der Waals surface area contributed by atoms with Crippen LogP contribution in [0.3, 0.4) is 0 Å². The molecule has 2 rings (SSSR count). The molecular weight excluding hydrogens is 228 g/mol. The highest BCUT2D eigenvalue weighted by Gasteiger charge is 1.96. The van der Waals surface area contributed by atoms with E-state index in [2.05, 4.69) is 9.97 Å². The van der Waals surface area contributed by atoms with Crippen molar-refractivity contribution in [2.45, 2.75) is 20.0 Å². The second-order valence-corrected chi connectivity index (χ2v) is 3.76. The number of Topliss-reactive ketones (excluding diaryl/α,β-unsaturated/α-hetero) is 1. The first-order valence-electron chi connectivity index (χ1n) is 5.60. The van der Waals surface area contributed by atoms with E-state index in [0.29, 0.717) is 5.56 Å². The largest absolute Gasteiger partial charge is 0.389 e. The molecule has 1 N–H and O–H groups in total. The lowest BCUT2D eigenvalue weighted by molar-refractivity contribution is 0.101. The predicted octanol–water partition coefficient (Wildman–Crippen LogP) is 2.42. The number of hydrogen-bond acceptors (Lipinski definition) is 4. The van der Waals surface area contributed by atoms with Crippen molar-refractivity contribution >= 4 is 5.78 Å². The second-order valence-electron chi connectivity index (χ2n) is 3.76. The summed E-state index contributed by atoms with van der Waals surface area (Å²) in [5, 5.41) is 8.98. The van der Waals surface area contributed by atoms with Gasteiger partial charge in [-0.1, -0.05) is 6.07 Å². The highest BCUT2D eigenvalue weighted by molar-refractivity contribution is 5.93. The van der Waals surface area contributed by atoms with E-state index in [1.54, 1.807) is 43.8 Å². The van der Waals surface area contributed by atoms with Crippen LogP contribution in [0, 0.1) is 0 Å². The van der Waals surface area contributed by atoms with Crippen molar-refractivity contribution in [3.05, 3.63) is 60.2 Å². The fraction of sp³-hybridized carbons (Fsp3) is 0.214. The van der Waals surface area contributed by atoms with Gasteiger partial charge in [0.2, 0.25) is 0 Å². The van der Waals surface area contributed by atoms with Crippen LogP contribution in [0.4, 0.5) is 0 Å². The van der Waals surface area contributed by atoms with Crippen LogP contribution in [0.1, 0.15) is 35.9 Å². The van der Waals surface area contributed by atoms with Gasteiger partial charge < -0.3 is 5.11 Å². The Hall–Kier alpha value is -2.07. The number of aliphatic hydroxyl groups is 1. The topological polar surface area (TPSA) is 63.1 Å². The third-order valence-corrected chi connectivity index (χ3v) is 2.23. The van der Waals surface area contributed by atoms with Crippen LogP contribution >= 0.6 is 0 Å². The smallest absolute Gasteiger partial charge is 0.161 e. The van der Waals surface area contributed by atoms with Crippen LogP contribution in [0.25, 0.3) is 0 Å². The number of carbonyl (C=O) groups is 1. The molecule has 0 spiro atoms. The van der Waals surface area contributed by atoms with Gasteiger partial charge in [0.15, 0.2) is 5.78 Å². The first kappa shape index (κ1) is 14.0. The zero-order valence-corrected chi connectivity index (χ0v) is 10.4. The van der Waals surface area contributed by atoms with Crippen LogP contribution in [0.15, 0.2) is 49.1 Å². The molecule has 0 radical (unpaired) electrons. The van der Waals surface area contributed by atoms with E-state index in [0.717, 1.165) is 5.56 Å². The summed E-state index contributed by atoms with van der Waals surface area (Å²) in [4.78, 5) is 18.2. The van der Waals surface area contributed by atoms with E-state index >= 15 is 0 Å². The SMILES string of the molecule is CC(=O)c1cccnc1.CC(O)c1cccnc1. The maximum absolute atomic E-state index is 10.6. The van der Waals surface area contributed by atoms with Gasteiger partial charge in [-0.3, -0.25) is 14.8 Å². The van der Waals surface area contributed by atoms with Crippen LogP contribution in [0.2, 0.25) is 0 Å². The first-order valence-corrected chi connectivity index (χ1v) is 5.60. The summed E-state index contributed by atoms with van der Waals surface area (Å²) in [7, 11) is 0. The standard InChI is InChI=1S/C7H9NO.C7H7NO/c2*1-6(9)7-3-2-4-8-5-7/h2-6,9H,1H3;2-5H,1H3. The van der Waals surface area contributed by atoms with Crippen LogP contribution in [-0.2, 0) is 0 Å². The predicted molar refractivity (Wildman–Crippen MR) is 69.1 cm³/mol. The molecule has 0 fully saturated rings. The van der Waals surface area contributed by atoms with E-state index < -0.39 is 6.10 Å². The van der Waals surface area contributed by atoms with Gasteiger partial charge in [0.25, 0.3) is 0 Å². The zero-order valence-electron chi connectivity index (χ0n) is 10.4. The third kappa shape index (κ3) is 4.84. The lowest BCUT2D eigenvalue weighted by Crippen LogP contribution is -1.90. The molecule has 2 aromatic heterocycles. The van der Waals surface area contributed by atoms with Crippen molar-refractivity contribution in [1.29, 1.82) is 0 Å². The zero-order chi connectivity index (χ0) is 13.4. The van der Waals surface area contributed by atoms with Gasteiger partial charge in [-0.05, 0) is 37.6 Å². The fourth-order valence-electron chi connectivity index (χ4n) is 1.19. The van der Waals surface area contributed by atoms with Gasteiger partial charge in [-0.25, -0.2) is 0 Å². The van der Waals surface area contributed by atoms with Crippen LogP contribution in [0.5, 0.6) is 0 Å². The summed E-state index contributed by atoms with van der Waals surface area (Å²) in [6, 6.07) is 7.14. The van der Waals surface area contributed by atoms with Crippen molar-refractivity contribution in [1.82, 2.24) is 9.97 Å². The number of nitrogens with zero attached hydrogens (tertiary/aromatic N) is 2. The molecule has 0 saturated heterocycles. The van der Waals surface area contributed by atoms with Crippen molar-refractivity contribution in [2.75, 3.05) is 0 Å². The van der Waals surface area contributed by atoms with Gasteiger partial charge in [-0.2, -0.15) is 0 Å². The minimum absolute atomic E-state index is 0.0584. The van der Waals surface area contributed by atoms with Crippen LogP contribution < -0.4 is 0 Å². The van der Waals surface area contributed by atoms with Crippen molar-refractivity contribution in [2.24, 2.45) is 0 Å². The summed E-state index contributed by atoms with van der Waals surface area (Å²) < 4.78 is 0. The Bertz CT molecular complexity index is 470. The molecule has 94 valence electrons. The minimum Gasteiger partial charge on any atom is -0.389 e. The molecule has 4 heteroatoms. The Labute approximate surface area is 106 Å². The van der Waals surface area contributed by atoms with Gasteiger partial charge in [-0.15, -0.1) is 0 Å². The monoisotopic (exact) mass is 244 g/mol. The fourth-order valence-corrected chi connectivity index (χ4v) is 1.19. The molecule has 0 amide bonds. The number of carbonyl (C=O) groups excluding carboxylic acids is 1. The first-order chi connectivity index (χ1) is 8.61. The van der Waals surface area contributed by atoms with E-state index in [1.165, 1.54) is 6.92 Å². The molecule has 0 aliphatic carbocycles. The molecule has 1 atom stereocenters. The Morgan fingerprint density at radius 1 is 1.17 bits per heavy atom. The quantitative estimate of drug-likeness (QED) is 0.824. The minimum atomic E-state index is -0.404. The van der Waals surface area contributed by atoms with Gasteiger partial charge in [0.1, 0.15) is 0 Å². The lowest BCUT2D eigenvalue weighted by Gasteiger charge is -2.00. The van der Waals surface area contributed by atoms with E-state index in [4.69, 9.17) is 5.11 Å². The number of ketones is 1. The normalized spacial score (nSPS) is 11.1. The number of hydrogen-bond donors (Lipinski definition) is 1. The summed E-state index contributed by atoms with van der Waals surface area (Å²) in [5.41, 5.74) is 1.52. The molecule has 0 bridgehead atoms. The summed E-state index contributed by atoms with van der Waals surface area (Å²) in [5.74, 6) is 0.0584. The number of aromatic nitrogens is 2. The van der Waals surface area contributed by atoms with Crippen LogP contribution in [-0.4, -0.2) is 20.9 Å². The highest BCUT2D eigenvalue weighted by atomic mass is 16.3. The molecule has 4 nitrogen and oxygen atoms in total. The van der Waals surface area contributed by atoms with E-state index in [1.807, 2.05) is 12.1 Å². The second kappa shape index (κ2) is 7.29. The van der Waals surface area contributed by atoms with E-state index in [9.17, 15) is 4.79 Å². The molecule has 18 heavy (non-hydrogen) atoms. The van der Waals surface area contributed by atoms with E-state index in [-0.39, 0.29) is 5.78 Å². The molecule has 2 heterocycles. The highest BCUT2D eigenvalue weighted by Crippen LogP contribution is 2.07. The summed E-state index contributed by atoms with van der Waals surface area (Å²) >= 11 is 0. The molecule has 0 saturated carbocycles. The number of aliphatic hydroxyl groups excluding tert-OH is 1. The Kier molecular flexibility index (Phi) is 5.67. The molecule has 0 aromatic carbocycles. The molecule has 0 aliphatic heterocycles. The Balaban J connectivity index is 0.000000180. The van der Waals surface area contributed by atoms with Gasteiger partial charge >= 0.3 is 0 Å². The summed E-state index contributed by atoms with van der Waals surface area (Å²) in [6.07, 6.45) is 6.14. The van der Waals surface area contributed by atoms with Gasteiger partial charge in [0, 0.05) is 30.4 Å². The average molecular weight is 244 g/mol. The Morgan fingerprint density at radius 2 is 1.78 bits per heavy atom. The van der Waals surface area contributed by atoms with Crippen molar-refractivity contribution in [3.8, 4) is 0 Å². The van der Waals surface area contributed by atoms with Gasteiger partial charge in [0.05, 0.1) is 6.10 Å². The van der Waals surface area contributed by atoms with Crippen molar-refractivity contribution < 1.29 is 9.90 Å². The molecule has 0 aliphatic rings. The third-order valence-electron chi connectivity index (χ3n) is 2.23. The maximum atomic E-state index is 10.6. The molecule has 2 aromatic rings. The average Bonchev–Trinajstić information content (AvgIpc) is 2.41. The maximum Gasteiger partial charge on any atom is 0.161 e. The number of pyridine rings is 2. The Morgan fingerprint density at radius 3 is 2.06 bits per heavy atom.